The molecular formula is C26H39N3O. The molecule has 1 aromatic rings. The van der Waals surface area contributed by atoms with Gasteiger partial charge in [-0.3, -0.25) is 9.48 Å². The quantitative estimate of drug-likeness (QED) is 0.554. The number of carbonyl (C=O) groups is 1. The van der Waals surface area contributed by atoms with Crippen LogP contribution in [0.4, 0.5) is 0 Å². The Morgan fingerprint density at radius 2 is 1.97 bits per heavy atom. The van der Waals surface area contributed by atoms with Gasteiger partial charge in [0.15, 0.2) is 5.78 Å². The standard InChI is InChI=1S/C26H39N3O/c1-4-6-19-8-9-22-21(20(19)7-5-2)12-13-26(3)23(22)10-11-24(26)25(30)17-29-16-18(14-27)15-28-29/h15-16,19-24H,4-13,17H2,1-3H3. The number of hydrogen-bond donors (Lipinski definition) is 0. The molecule has 4 rings (SSSR count). The monoisotopic (exact) mass is 409 g/mol. The van der Waals surface area contributed by atoms with E-state index in [0.29, 0.717) is 17.9 Å². The van der Waals surface area contributed by atoms with E-state index in [9.17, 15) is 4.79 Å². The first-order valence-electron chi connectivity index (χ1n) is 12.5. The van der Waals surface area contributed by atoms with Crippen molar-refractivity contribution in [1.82, 2.24) is 9.78 Å². The van der Waals surface area contributed by atoms with Crippen LogP contribution in [0.2, 0.25) is 0 Å². The van der Waals surface area contributed by atoms with Crippen LogP contribution in [0.5, 0.6) is 0 Å². The van der Waals surface area contributed by atoms with E-state index >= 15 is 0 Å². The summed E-state index contributed by atoms with van der Waals surface area (Å²) in [5.41, 5.74) is 0.697. The first-order valence-corrected chi connectivity index (χ1v) is 12.5. The summed E-state index contributed by atoms with van der Waals surface area (Å²) in [5, 5.41) is 13.2. The van der Waals surface area contributed by atoms with E-state index in [4.69, 9.17) is 5.26 Å². The number of hydrogen-bond acceptors (Lipinski definition) is 3. The third-order valence-electron chi connectivity index (χ3n) is 9.27. The summed E-state index contributed by atoms with van der Waals surface area (Å²) in [4.78, 5) is 13.3. The Morgan fingerprint density at radius 1 is 1.17 bits per heavy atom. The zero-order chi connectivity index (χ0) is 21.3. The van der Waals surface area contributed by atoms with E-state index in [0.717, 1.165) is 36.0 Å². The van der Waals surface area contributed by atoms with Crippen LogP contribution in [0.25, 0.3) is 0 Å². The molecule has 0 saturated heterocycles. The number of nitriles is 1. The van der Waals surface area contributed by atoms with Crippen molar-refractivity contribution in [3.05, 3.63) is 18.0 Å². The third-order valence-corrected chi connectivity index (χ3v) is 9.27. The lowest BCUT2D eigenvalue weighted by molar-refractivity contribution is -0.130. The molecule has 30 heavy (non-hydrogen) atoms. The Balaban J connectivity index is 1.49. The minimum absolute atomic E-state index is 0.163. The molecule has 0 radical (unpaired) electrons. The maximum absolute atomic E-state index is 13.3. The second-order valence-electron chi connectivity index (χ2n) is 10.7. The van der Waals surface area contributed by atoms with Gasteiger partial charge in [0, 0.05) is 12.1 Å². The second kappa shape index (κ2) is 8.85. The van der Waals surface area contributed by atoms with Crippen LogP contribution in [0.15, 0.2) is 12.4 Å². The molecular weight excluding hydrogens is 370 g/mol. The summed E-state index contributed by atoms with van der Waals surface area (Å²) in [5.74, 6) is 4.80. The molecule has 0 spiro atoms. The predicted octanol–water partition coefficient (Wildman–Crippen LogP) is 6.01. The van der Waals surface area contributed by atoms with Crippen LogP contribution in [0, 0.1) is 52.3 Å². The van der Waals surface area contributed by atoms with Gasteiger partial charge in [0.1, 0.15) is 6.07 Å². The average Bonchev–Trinajstić information content (AvgIpc) is 3.33. The van der Waals surface area contributed by atoms with Crippen LogP contribution >= 0.6 is 0 Å². The molecule has 0 amide bonds. The van der Waals surface area contributed by atoms with Crippen molar-refractivity contribution in [1.29, 1.82) is 5.26 Å². The molecule has 164 valence electrons. The molecule has 3 fully saturated rings. The number of fused-ring (bicyclic) bond motifs is 3. The summed E-state index contributed by atoms with van der Waals surface area (Å²) < 4.78 is 1.66. The number of nitrogens with zero attached hydrogens (tertiary/aromatic N) is 3. The summed E-state index contributed by atoms with van der Waals surface area (Å²) in [7, 11) is 0. The number of aromatic nitrogens is 2. The van der Waals surface area contributed by atoms with E-state index in [1.165, 1.54) is 57.8 Å². The van der Waals surface area contributed by atoms with Gasteiger partial charge in [-0.25, -0.2) is 0 Å². The second-order valence-corrected chi connectivity index (χ2v) is 10.7. The molecule has 3 aliphatic carbocycles. The van der Waals surface area contributed by atoms with Gasteiger partial charge >= 0.3 is 0 Å². The van der Waals surface area contributed by atoms with Gasteiger partial charge in [-0.2, -0.15) is 10.4 Å². The molecule has 0 aliphatic heterocycles. The van der Waals surface area contributed by atoms with E-state index in [1.807, 2.05) is 0 Å². The smallest absolute Gasteiger partial charge is 0.157 e. The van der Waals surface area contributed by atoms with Crippen molar-refractivity contribution >= 4 is 5.78 Å². The molecule has 4 heteroatoms. The number of rotatable bonds is 7. The van der Waals surface area contributed by atoms with Crippen molar-refractivity contribution < 1.29 is 4.79 Å². The molecule has 1 aromatic heterocycles. The lowest BCUT2D eigenvalue weighted by atomic mass is 9.50. The normalized spacial score (nSPS) is 37.9. The first-order chi connectivity index (χ1) is 14.5. The van der Waals surface area contributed by atoms with Crippen LogP contribution in [0.3, 0.4) is 0 Å². The minimum Gasteiger partial charge on any atom is -0.297 e. The largest absolute Gasteiger partial charge is 0.297 e. The highest BCUT2D eigenvalue weighted by atomic mass is 16.1. The van der Waals surface area contributed by atoms with Crippen LogP contribution < -0.4 is 0 Å². The number of ketones is 1. The van der Waals surface area contributed by atoms with Gasteiger partial charge in [-0.05, 0) is 73.5 Å². The Hall–Kier alpha value is -1.63. The summed E-state index contributed by atoms with van der Waals surface area (Å²) >= 11 is 0. The average molecular weight is 410 g/mol. The maximum Gasteiger partial charge on any atom is 0.157 e. The topological polar surface area (TPSA) is 58.7 Å². The number of Topliss-reactive ketones (excluding diaryl/α,β-unsaturated/α-hetero) is 1. The van der Waals surface area contributed by atoms with Crippen LogP contribution in [-0.4, -0.2) is 15.6 Å². The van der Waals surface area contributed by atoms with Crippen molar-refractivity contribution in [2.45, 2.75) is 91.5 Å². The minimum atomic E-state index is 0.163. The van der Waals surface area contributed by atoms with Crippen molar-refractivity contribution in [3.8, 4) is 6.07 Å². The zero-order valence-electron chi connectivity index (χ0n) is 19.1. The van der Waals surface area contributed by atoms with Crippen molar-refractivity contribution in [3.63, 3.8) is 0 Å². The summed E-state index contributed by atoms with van der Waals surface area (Å²) in [6.45, 7) is 7.45. The predicted molar refractivity (Wildman–Crippen MR) is 119 cm³/mol. The highest BCUT2D eigenvalue weighted by molar-refractivity contribution is 5.82. The number of carbonyl (C=O) groups excluding carboxylic acids is 1. The summed E-state index contributed by atoms with van der Waals surface area (Å²) in [6, 6.07) is 2.11. The van der Waals surface area contributed by atoms with Crippen molar-refractivity contribution in [2.75, 3.05) is 0 Å². The molecule has 3 saturated carbocycles. The Bertz CT molecular complexity index is 792. The van der Waals surface area contributed by atoms with Crippen molar-refractivity contribution in [2.24, 2.45) is 40.9 Å². The Labute approximate surface area is 182 Å². The van der Waals surface area contributed by atoms with E-state index < -0.39 is 0 Å². The highest BCUT2D eigenvalue weighted by Crippen LogP contribution is 2.63. The van der Waals surface area contributed by atoms with Crippen LogP contribution in [0.1, 0.15) is 90.5 Å². The Morgan fingerprint density at radius 3 is 2.67 bits per heavy atom. The lowest BCUT2D eigenvalue weighted by Gasteiger charge is -2.54. The molecule has 0 aromatic carbocycles. The molecule has 1 heterocycles. The molecule has 0 bridgehead atoms. The molecule has 4 nitrogen and oxygen atoms in total. The fourth-order valence-corrected chi connectivity index (χ4v) is 8.05. The van der Waals surface area contributed by atoms with E-state index in [-0.39, 0.29) is 11.3 Å². The first kappa shape index (κ1) is 21.6. The van der Waals surface area contributed by atoms with Gasteiger partial charge in [0.2, 0.25) is 0 Å². The lowest BCUT2D eigenvalue weighted by Crippen LogP contribution is -2.48. The van der Waals surface area contributed by atoms with Gasteiger partial charge in [0.05, 0.1) is 18.3 Å². The summed E-state index contributed by atoms with van der Waals surface area (Å²) in [6.07, 6.45) is 16.3. The third kappa shape index (κ3) is 3.74. The van der Waals surface area contributed by atoms with E-state index in [2.05, 4.69) is 31.9 Å². The van der Waals surface area contributed by atoms with Gasteiger partial charge < -0.3 is 0 Å². The molecule has 7 atom stereocenters. The molecule has 0 N–H and O–H groups in total. The van der Waals surface area contributed by atoms with Crippen LogP contribution in [-0.2, 0) is 11.3 Å². The zero-order valence-corrected chi connectivity index (χ0v) is 19.1. The maximum atomic E-state index is 13.3. The van der Waals surface area contributed by atoms with E-state index in [1.54, 1.807) is 17.1 Å². The fourth-order valence-electron chi connectivity index (χ4n) is 8.05. The Kier molecular flexibility index (Phi) is 6.37. The van der Waals surface area contributed by atoms with Gasteiger partial charge in [0.25, 0.3) is 0 Å². The van der Waals surface area contributed by atoms with Gasteiger partial charge in [-0.1, -0.05) is 46.5 Å². The fraction of sp³-hybridized carbons (Fsp3) is 0.808. The van der Waals surface area contributed by atoms with Gasteiger partial charge in [-0.15, -0.1) is 0 Å². The highest BCUT2D eigenvalue weighted by Gasteiger charge is 2.57. The SMILES string of the molecule is CCCC1CCC2C(CCC3(C)C(C(=O)Cn4cc(C#N)cn4)CCC23)C1CCC. The molecule has 3 aliphatic rings. The molecule has 7 unspecified atom stereocenters.